The summed E-state index contributed by atoms with van der Waals surface area (Å²) in [6, 6.07) is 2.00. The summed E-state index contributed by atoms with van der Waals surface area (Å²) < 4.78 is 7.20. The van der Waals surface area contributed by atoms with Crippen molar-refractivity contribution < 1.29 is 9.32 Å². The lowest BCUT2D eigenvalue weighted by atomic mass is 9.96. The lowest BCUT2D eigenvalue weighted by Crippen LogP contribution is -2.14. The van der Waals surface area contributed by atoms with Crippen molar-refractivity contribution in [3.63, 3.8) is 0 Å². The Bertz CT molecular complexity index is 569. The summed E-state index contributed by atoms with van der Waals surface area (Å²) in [7, 11) is 0. The summed E-state index contributed by atoms with van der Waals surface area (Å²) in [5.41, 5.74) is 3.21. The third kappa shape index (κ3) is 1.85. The molecule has 0 radical (unpaired) electrons. The summed E-state index contributed by atoms with van der Waals surface area (Å²) >= 11 is 0. The molecule has 0 saturated carbocycles. The van der Waals surface area contributed by atoms with Crippen LogP contribution in [-0.4, -0.2) is 20.5 Å². The maximum Gasteiger partial charge on any atom is 0.228 e. The molecule has 5 heteroatoms. The molecule has 3 rings (SSSR count). The first-order valence-electron chi connectivity index (χ1n) is 6.23. The van der Waals surface area contributed by atoms with Gasteiger partial charge in [0, 0.05) is 36.3 Å². The molecule has 0 amide bonds. The molecule has 2 aromatic rings. The predicted molar refractivity (Wildman–Crippen MR) is 64.4 cm³/mol. The summed E-state index contributed by atoms with van der Waals surface area (Å²) in [5, 5.41) is 3.59. The van der Waals surface area contributed by atoms with Crippen molar-refractivity contribution in [2.24, 2.45) is 0 Å². The number of ketones is 1. The molecule has 5 nitrogen and oxygen atoms in total. The van der Waals surface area contributed by atoms with Crippen molar-refractivity contribution in [3.05, 3.63) is 35.2 Å². The minimum absolute atomic E-state index is 0.274. The van der Waals surface area contributed by atoms with Crippen LogP contribution in [0.2, 0.25) is 0 Å². The number of rotatable bonds is 3. The highest BCUT2D eigenvalue weighted by atomic mass is 16.5. The Morgan fingerprint density at radius 2 is 2.33 bits per heavy atom. The van der Waals surface area contributed by atoms with Crippen molar-refractivity contribution >= 4 is 5.78 Å². The van der Waals surface area contributed by atoms with Crippen LogP contribution in [0.25, 0.3) is 0 Å². The van der Waals surface area contributed by atoms with Crippen molar-refractivity contribution in [3.8, 4) is 0 Å². The van der Waals surface area contributed by atoms with Gasteiger partial charge in [-0.15, -0.1) is 0 Å². The van der Waals surface area contributed by atoms with Gasteiger partial charge in [0.25, 0.3) is 0 Å². The minimum Gasteiger partial charge on any atom is -0.348 e. The largest absolute Gasteiger partial charge is 0.348 e. The minimum atomic E-state index is 0.274. The molecule has 18 heavy (non-hydrogen) atoms. The van der Waals surface area contributed by atoms with Gasteiger partial charge in [-0.25, -0.2) is 0 Å². The molecular formula is C13H15N3O2. The van der Waals surface area contributed by atoms with Crippen LogP contribution in [0.4, 0.5) is 0 Å². The van der Waals surface area contributed by atoms with Gasteiger partial charge in [-0.1, -0.05) is 5.16 Å². The van der Waals surface area contributed by atoms with E-state index in [2.05, 4.69) is 14.7 Å². The monoisotopic (exact) mass is 245 g/mol. The van der Waals surface area contributed by atoms with Crippen molar-refractivity contribution in [2.75, 3.05) is 0 Å². The third-order valence-corrected chi connectivity index (χ3v) is 3.49. The van der Waals surface area contributed by atoms with Crippen LogP contribution in [0.1, 0.15) is 40.5 Å². The summed E-state index contributed by atoms with van der Waals surface area (Å²) in [6.07, 6.45) is 4.74. The van der Waals surface area contributed by atoms with Gasteiger partial charge in [0.05, 0.1) is 0 Å². The Kier molecular flexibility index (Phi) is 2.74. The smallest absolute Gasteiger partial charge is 0.228 e. The van der Waals surface area contributed by atoms with Crippen molar-refractivity contribution in [2.45, 2.75) is 39.2 Å². The second-order valence-electron chi connectivity index (χ2n) is 4.66. The molecule has 2 aromatic heterocycles. The molecule has 94 valence electrons. The standard InChI is InChI=1S/C13H15N3O2/c1-9-7-10-11(3-2-4-12(10)17)16(9)6-5-13-14-8-15-18-13/h7-8H,2-6H2,1H3. The van der Waals surface area contributed by atoms with Crippen molar-refractivity contribution in [1.82, 2.24) is 14.7 Å². The second-order valence-corrected chi connectivity index (χ2v) is 4.66. The van der Waals surface area contributed by atoms with E-state index in [9.17, 15) is 4.79 Å². The molecule has 0 saturated heterocycles. The molecule has 0 atom stereocenters. The molecule has 0 unspecified atom stereocenters. The van der Waals surface area contributed by atoms with E-state index >= 15 is 0 Å². The highest BCUT2D eigenvalue weighted by Crippen LogP contribution is 2.25. The van der Waals surface area contributed by atoms with Crippen LogP contribution in [0.5, 0.6) is 0 Å². The molecule has 0 N–H and O–H groups in total. The van der Waals surface area contributed by atoms with E-state index in [0.717, 1.165) is 30.6 Å². The second kappa shape index (κ2) is 4.40. The fourth-order valence-corrected chi connectivity index (χ4v) is 2.62. The first kappa shape index (κ1) is 11.2. The van der Waals surface area contributed by atoms with Gasteiger partial charge in [0.1, 0.15) is 0 Å². The molecule has 1 aliphatic carbocycles. The Hall–Kier alpha value is -1.91. The number of hydrogen-bond acceptors (Lipinski definition) is 4. The first-order chi connectivity index (χ1) is 8.75. The highest BCUT2D eigenvalue weighted by Gasteiger charge is 2.22. The predicted octanol–water partition coefficient (Wildman–Crippen LogP) is 1.94. The fraction of sp³-hybridized carbons (Fsp3) is 0.462. The Morgan fingerprint density at radius 3 is 3.11 bits per heavy atom. The zero-order valence-corrected chi connectivity index (χ0v) is 10.3. The number of nitrogens with zero attached hydrogens (tertiary/aromatic N) is 3. The van der Waals surface area contributed by atoms with Gasteiger partial charge in [-0.3, -0.25) is 4.79 Å². The molecule has 2 heterocycles. The van der Waals surface area contributed by atoms with E-state index in [0.29, 0.717) is 18.7 Å². The van der Waals surface area contributed by atoms with Gasteiger partial charge in [-0.2, -0.15) is 4.98 Å². The van der Waals surface area contributed by atoms with Crippen LogP contribution >= 0.6 is 0 Å². The maximum atomic E-state index is 11.8. The number of Topliss-reactive ketones (excluding diaryl/α,β-unsaturated/α-hetero) is 1. The van der Waals surface area contributed by atoms with E-state index < -0.39 is 0 Å². The van der Waals surface area contributed by atoms with E-state index in [1.165, 1.54) is 12.0 Å². The number of carbonyl (C=O) groups excluding carboxylic acids is 1. The van der Waals surface area contributed by atoms with Gasteiger partial charge in [0.15, 0.2) is 12.1 Å². The SMILES string of the molecule is Cc1cc2c(n1CCc1ncno1)CCCC2=O. The first-order valence-corrected chi connectivity index (χ1v) is 6.23. The van der Waals surface area contributed by atoms with Crippen LogP contribution in [0.3, 0.4) is 0 Å². The normalized spacial score (nSPS) is 14.8. The van der Waals surface area contributed by atoms with Crippen LogP contribution in [0.15, 0.2) is 16.9 Å². The zero-order chi connectivity index (χ0) is 12.5. The fourth-order valence-electron chi connectivity index (χ4n) is 2.62. The number of fused-ring (bicyclic) bond motifs is 1. The van der Waals surface area contributed by atoms with Crippen LogP contribution in [0, 0.1) is 6.92 Å². The summed E-state index contributed by atoms with van der Waals surface area (Å²) in [4.78, 5) is 15.8. The third-order valence-electron chi connectivity index (χ3n) is 3.49. The number of carbonyl (C=O) groups is 1. The topological polar surface area (TPSA) is 60.9 Å². The molecule has 0 aromatic carbocycles. The number of aromatic nitrogens is 3. The van der Waals surface area contributed by atoms with Crippen LogP contribution < -0.4 is 0 Å². The number of aryl methyl sites for hydroxylation is 2. The molecule has 0 aliphatic heterocycles. The number of hydrogen-bond donors (Lipinski definition) is 0. The lowest BCUT2D eigenvalue weighted by molar-refractivity contribution is 0.0972. The van der Waals surface area contributed by atoms with E-state index in [1.54, 1.807) is 0 Å². The Morgan fingerprint density at radius 1 is 1.44 bits per heavy atom. The quantitative estimate of drug-likeness (QED) is 0.829. The highest BCUT2D eigenvalue weighted by molar-refractivity contribution is 5.98. The Balaban J connectivity index is 1.85. The summed E-state index contributed by atoms with van der Waals surface area (Å²) in [5.74, 6) is 0.912. The van der Waals surface area contributed by atoms with Gasteiger partial charge < -0.3 is 9.09 Å². The van der Waals surface area contributed by atoms with Gasteiger partial charge in [0.2, 0.25) is 5.89 Å². The maximum absolute atomic E-state index is 11.8. The van der Waals surface area contributed by atoms with Gasteiger partial charge >= 0.3 is 0 Å². The van der Waals surface area contributed by atoms with Crippen LogP contribution in [-0.2, 0) is 19.4 Å². The van der Waals surface area contributed by atoms with E-state index in [4.69, 9.17) is 4.52 Å². The average molecular weight is 245 g/mol. The zero-order valence-electron chi connectivity index (χ0n) is 10.3. The molecular weight excluding hydrogens is 230 g/mol. The van der Waals surface area contributed by atoms with Crippen molar-refractivity contribution in [1.29, 1.82) is 0 Å². The average Bonchev–Trinajstić information content (AvgIpc) is 2.95. The molecule has 0 fully saturated rings. The molecule has 0 spiro atoms. The molecule has 0 bridgehead atoms. The summed E-state index contributed by atoms with van der Waals surface area (Å²) in [6.45, 7) is 2.83. The van der Waals surface area contributed by atoms with E-state index in [1.807, 2.05) is 13.0 Å². The van der Waals surface area contributed by atoms with Gasteiger partial charge in [-0.05, 0) is 25.8 Å². The molecule has 1 aliphatic rings. The van der Waals surface area contributed by atoms with E-state index in [-0.39, 0.29) is 5.78 Å². The lowest BCUT2D eigenvalue weighted by Gasteiger charge is -2.15. The Labute approximate surface area is 105 Å².